The summed E-state index contributed by atoms with van der Waals surface area (Å²) in [5.74, 6) is 0. The van der Waals surface area contributed by atoms with E-state index in [-0.39, 0.29) is 5.69 Å². The Labute approximate surface area is 111 Å². The lowest BCUT2D eigenvalue weighted by atomic mass is 10.1. The fourth-order valence-corrected chi connectivity index (χ4v) is 1.93. The molecule has 0 aliphatic heterocycles. The molecule has 2 aromatic rings. The van der Waals surface area contributed by atoms with Gasteiger partial charge >= 0.3 is 11.9 Å². The molecule has 0 aliphatic carbocycles. The number of hydrogen-bond acceptors (Lipinski definition) is 2. The molecule has 4 nitrogen and oxygen atoms in total. The number of nitrogens with zero attached hydrogens (tertiary/aromatic N) is 1. The standard InChI is InChI=1S/C13H11F3N2O2/c1-7-3-4-9(8(2)5-7)18-11(19)6-10(13(14,15)16)17-12(18)20/h3-6H,1-2H3,(H,17,20). The lowest BCUT2D eigenvalue weighted by molar-refractivity contribution is -0.141. The van der Waals surface area contributed by atoms with Crippen LogP contribution in [0.5, 0.6) is 0 Å². The summed E-state index contributed by atoms with van der Waals surface area (Å²) in [5, 5.41) is 0. The van der Waals surface area contributed by atoms with Gasteiger partial charge in [-0.3, -0.25) is 4.79 Å². The highest BCUT2D eigenvalue weighted by Crippen LogP contribution is 2.25. The van der Waals surface area contributed by atoms with E-state index in [4.69, 9.17) is 0 Å². The molecule has 7 heteroatoms. The summed E-state index contributed by atoms with van der Waals surface area (Å²) >= 11 is 0. The molecule has 20 heavy (non-hydrogen) atoms. The Bertz CT molecular complexity index is 741. The quantitative estimate of drug-likeness (QED) is 0.872. The van der Waals surface area contributed by atoms with Crippen LogP contribution in [0.15, 0.2) is 33.9 Å². The molecule has 1 aromatic carbocycles. The van der Waals surface area contributed by atoms with Crippen LogP contribution in [0, 0.1) is 13.8 Å². The zero-order chi connectivity index (χ0) is 15.1. The van der Waals surface area contributed by atoms with Crippen LogP contribution in [0.4, 0.5) is 13.2 Å². The maximum Gasteiger partial charge on any atom is 0.431 e. The van der Waals surface area contributed by atoms with Gasteiger partial charge in [-0.2, -0.15) is 13.2 Å². The molecule has 0 atom stereocenters. The Morgan fingerprint density at radius 1 is 1.10 bits per heavy atom. The molecular formula is C13H11F3N2O2. The number of rotatable bonds is 1. The molecule has 0 saturated carbocycles. The molecule has 1 aromatic heterocycles. The molecule has 0 radical (unpaired) electrons. The van der Waals surface area contributed by atoms with Crippen molar-refractivity contribution in [3.8, 4) is 5.69 Å². The van der Waals surface area contributed by atoms with Crippen molar-refractivity contribution in [2.45, 2.75) is 20.0 Å². The van der Waals surface area contributed by atoms with Crippen molar-refractivity contribution in [1.82, 2.24) is 9.55 Å². The first-order valence-corrected chi connectivity index (χ1v) is 5.71. The van der Waals surface area contributed by atoms with Gasteiger partial charge in [0.25, 0.3) is 5.56 Å². The lowest BCUT2D eigenvalue weighted by Gasteiger charge is -2.11. The van der Waals surface area contributed by atoms with E-state index in [0.29, 0.717) is 16.2 Å². The Kier molecular flexibility index (Phi) is 3.29. The predicted octanol–water partition coefficient (Wildman–Crippen LogP) is 2.16. The van der Waals surface area contributed by atoms with Crippen LogP contribution in [0.3, 0.4) is 0 Å². The monoisotopic (exact) mass is 284 g/mol. The van der Waals surface area contributed by atoms with Crippen molar-refractivity contribution >= 4 is 0 Å². The van der Waals surface area contributed by atoms with Gasteiger partial charge in [-0.05, 0) is 25.5 Å². The van der Waals surface area contributed by atoms with Crippen LogP contribution >= 0.6 is 0 Å². The molecule has 0 bridgehead atoms. The third kappa shape index (κ3) is 2.52. The molecule has 106 valence electrons. The maximum atomic E-state index is 12.5. The number of aromatic nitrogens is 2. The number of H-pyrrole nitrogens is 1. The van der Waals surface area contributed by atoms with Crippen molar-refractivity contribution in [3.05, 3.63) is 61.9 Å². The molecule has 1 N–H and O–H groups in total. The minimum atomic E-state index is -4.76. The summed E-state index contributed by atoms with van der Waals surface area (Å²) in [5.41, 5.74) is -1.69. The van der Waals surface area contributed by atoms with Crippen LogP contribution < -0.4 is 11.2 Å². The minimum Gasteiger partial charge on any atom is -0.303 e. The number of hydrogen-bond donors (Lipinski definition) is 1. The van der Waals surface area contributed by atoms with E-state index < -0.39 is 23.1 Å². The lowest BCUT2D eigenvalue weighted by Crippen LogP contribution is -2.36. The normalized spacial score (nSPS) is 11.7. The van der Waals surface area contributed by atoms with Crippen molar-refractivity contribution in [1.29, 1.82) is 0 Å². The highest BCUT2D eigenvalue weighted by Gasteiger charge is 2.33. The second kappa shape index (κ2) is 4.66. The number of aromatic amines is 1. The zero-order valence-corrected chi connectivity index (χ0v) is 10.7. The SMILES string of the molecule is Cc1ccc(-n2c(=O)cc(C(F)(F)F)[nH]c2=O)c(C)c1. The van der Waals surface area contributed by atoms with Gasteiger partial charge in [-0.1, -0.05) is 17.7 Å². The summed E-state index contributed by atoms with van der Waals surface area (Å²) in [4.78, 5) is 25.2. The highest BCUT2D eigenvalue weighted by atomic mass is 19.4. The van der Waals surface area contributed by atoms with Crippen molar-refractivity contribution in [2.75, 3.05) is 0 Å². The maximum absolute atomic E-state index is 12.5. The van der Waals surface area contributed by atoms with Gasteiger partial charge in [0, 0.05) is 6.07 Å². The third-order valence-corrected chi connectivity index (χ3v) is 2.83. The number of benzene rings is 1. The zero-order valence-electron chi connectivity index (χ0n) is 10.7. The molecule has 0 fully saturated rings. The predicted molar refractivity (Wildman–Crippen MR) is 67.1 cm³/mol. The highest BCUT2D eigenvalue weighted by molar-refractivity contribution is 5.42. The Hall–Kier alpha value is -2.31. The number of halogens is 3. The average molecular weight is 284 g/mol. The van der Waals surface area contributed by atoms with E-state index in [1.165, 1.54) is 6.07 Å². The van der Waals surface area contributed by atoms with E-state index >= 15 is 0 Å². The first-order chi connectivity index (χ1) is 9.20. The topological polar surface area (TPSA) is 54.9 Å². The fourth-order valence-electron chi connectivity index (χ4n) is 1.93. The third-order valence-electron chi connectivity index (χ3n) is 2.83. The van der Waals surface area contributed by atoms with Gasteiger partial charge in [0.2, 0.25) is 0 Å². The molecular weight excluding hydrogens is 273 g/mol. The molecule has 0 spiro atoms. The van der Waals surface area contributed by atoms with Crippen molar-refractivity contribution in [2.24, 2.45) is 0 Å². The summed E-state index contributed by atoms with van der Waals surface area (Å²) < 4.78 is 38.2. The van der Waals surface area contributed by atoms with Crippen molar-refractivity contribution < 1.29 is 13.2 Å². The van der Waals surface area contributed by atoms with Gasteiger partial charge in [-0.25, -0.2) is 9.36 Å². The van der Waals surface area contributed by atoms with E-state index in [1.54, 1.807) is 24.0 Å². The van der Waals surface area contributed by atoms with Crippen LogP contribution in [0.1, 0.15) is 16.8 Å². The molecule has 2 rings (SSSR count). The van der Waals surface area contributed by atoms with Gasteiger partial charge < -0.3 is 4.98 Å². The van der Waals surface area contributed by atoms with Gasteiger partial charge in [-0.15, -0.1) is 0 Å². The largest absolute Gasteiger partial charge is 0.431 e. The average Bonchev–Trinajstić information content (AvgIpc) is 2.29. The molecule has 0 unspecified atom stereocenters. The van der Waals surface area contributed by atoms with Gasteiger partial charge in [0.15, 0.2) is 0 Å². The smallest absolute Gasteiger partial charge is 0.303 e. The van der Waals surface area contributed by atoms with E-state index in [9.17, 15) is 22.8 Å². The second-order valence-electron chi connectivity index (χ2n) is 4.45. The summed E-state index contributed by atoms with van der Waals surface area (Å²) in [6, 6.07) is 5.31. The van der Waals surface area contributed by atoms with Gasteiger partial charge in [0.05, 0.1) is 5.69 Å². The first kappa shape index (κ1) is 14.1. The number of alkyl halides is 3. The Morgan fingerprint density at radius 2 is 1.75 bits per heavy atom. The van der Waals surface area contributed by atoms with Crippen LogP contribution in [0.2, 0.25) is 0 Å². The Morgan fingerprint density at radius 3 is 2.25 bits per heavy atom. The van der Waals surface area contributed by atoms with Crippen LogP contribution in [0.25, 0.3) is 5.69 Å². The van der Waals surface area contributed by atoms with Crippen molar-refractivity contribution in [3.63, 3.8) is 0 Å². The molecule has 0 aliphatic rings. The van der Waals surface area contributed by atoms with Crippen LogP contribution in [-0.4, -0.2) is 9.55 Å². The Balaban J connectivity index is 2.71. The fraction of sp³-hybridized carbons (Fsp3) is 0.231. The van der Waals surface area contributed by atoms with E-state index in [0.717, 1.165) is 5.56 Å². The minimum absolute atomic E-state index is 0.260. The summed E-state index contributed by atoms with van der Waals surface area (Å²) in [6.45, 7) is 3.50. The molecule has 1 heterocycles. The van der Waals surface area contributed by atoms with Gasteiger partial charge in [0.1, 0.15) is 5.69 Å². The molecule has 0 saturated heterocycles. The first-order valence-electron chi connectivity index (χ1n) is 5.71. The van der Waals surface area contributed by atoms with E-state index in [1.807, 2.05) is 6.92 Å². The number of nitrogens with one attached hydrogen (secondary N) is 1. The summed E-state index contributed by atoms with van der Waals surface area (Å²) in [6.07, 6.45) is -4.76. The number of aryl methyl sites for hydroxylation is 2. The van der Waals surface area contributed by atoms with Crippen LogP contribution in [-0.2, 0) is 6.18 Å². The summed E-state index contributed by atoms with van der Waals surface area (Å²) in [7, 11) is 0. The molecule has 0 amide bonds. The second-order valence-corrected chi connectivity index (χ2v) is 4.45. The van der Waals surface area contributed by atoms with E-state index in [2.05, 4.69) is 0 Å².